The van der Waals surface area contributed by atoms with Crippen LogP contribution in [0.25, 0.3) is 0 Å². The van der Waals surface area contributed by atoms with Crippen LogP contribution in [-0.4, -0.2) is 12.6 Å². The SMILES string of the molecule is CCNC(Cc1ccc(Cl)cc1F)C1(C)CCCCC1. The third kappa shape index (κ3) is 3.73. The Labute approximate surface area is 126 Å². The normalized spacial score (nSPS) is 19.8. The van der Waals surface area contributed by atoms with Crippen LogP contribution in [0, 0.1) is 11.2 Å². The largest absolute Gasteiger partial charge is 0.313 e. The molecule has 1 aromatic carbocycles. The van der Waals surface area contributed by atoms with E-state index >= 15 is 0 Å². The van der Waals surface area contributed by atoms with E-state index in [0.29, 0.717) is 11.1 Å². The number of hydrogen-bond donors (Lipinski definition) is 1. The molecule has 0 aromatic heterocycles. The van der Waals surface area contributed by atoms with E-state index in [9.17, 15) is 4.39 Å². The average Bonchev–Trinajstić information content (AvgIpc) is 2.42. The Morgan fingerprint density at radius 2 is 2.00 bits per heavy atom. The van der Waals surface area contributed by atoms with Crippen molar-refractivity contribution in [1.29, 1.82) is 0 Å². The van der Waals surface area contributed by atoms with E-state index in [2.05, 4.69) is 19.2 Å². The Hall–Kier alpha value is -0.600. The van der Waals surface area contributed by atoms with Gasteiger partial charge in [0, 0.05) is 11.1 Å². The molecular formula is C17H25ClFN. The fraction of sp³-hybridized carbons (Fsp3) is 0.647. The number of nitrogens with one attached hydrogen (secondary N) is 1. The van der Waals surface area contributed by atoms with Gasteiger partial charge in [0.15, 0.2) is 0 Å². The lowest BCUT2D eigenvalue weighted by Crippen LogP contribution is -2.46. The first-order chi connectivity index (χ1) is 9.55. The first-order valence-electron chi connectivity index (χ1n) is 7.72. The molecule has 0 bridgehead atoms. The predicted molar refractivity (Wildman–Crippen MR) is 83.8 cm³/mol. The summed E-state index contributed by atoms with van der Waals surface area (Å²) >= 11 is 5.84. The van der Waals surface area contributed by atoms with Gasteiger partial charge < -0.3 is 5.32 Å². The van der Waals surface area contributed by atoms with Crippen LogP contribution in [-0.2, 0) is 6.42 Å². The molecule has 1 N–H and O–H groups in total. The van der Waals surface area contributed by atoms with Gasteiger partial charge in [-0.05, 0) is 48.9 Å². The second-order valence-corrected chi connectivity index (χ2v) is 6.70. The first-order valence-corrected chi connectivity index (χ1v) is 8.10. The monoisotopic (exact) mass is 297 g/mol. The maximum atomic E-state index is 14.0. The molecule has 0 amide bonds. The molecule has 2 rings (SSSR count). The molecule has 1 unspecified atom stereocenters. The van der Waals surface area contributed by atoms with Gasteiger partial charge in [-0.2, -0.15) is 0 Å². The Morgan fingerprint density at radius 1 is 1.30 bits per heavy atom. The molecular weight excluding hydrogens is 273 g/mol. The topological polar surface area (TPSA) is 12.0 Å². The fourth-order valence-corrected chi connectivity index (χ4v) is 3.59. The summed E-state index contributed by atoms with van der Waals surface area (Å²) < 4.78 is 14.0. The zero-order valence-electron chi connectivity index (χ0n) is 12.5. The zero-order valence-corrected chi connectivity index (χ0v) is 13.3. The summed E-state index contributed by atoms with van der Waals surface area (Å²) in [6, 6.07) is 5.37. The standard InChI is InChI=1S/C17H25ClFN/c1-3-20-16(17(2)9-5-4-6-10-17)11-13-7-8-14(18)12-15(13)19/h7-8,12,16,20H,3-6,9-11H2,1-2H3. The lowest BCUT2D eigenvalue weighted by Gasteiger charge is -2.41. The molecule has 1 saturated carbocycles. The minimum atomic E-state index is -0.181. The molecule has 20 heavy (non-hydrogen) atoms. The van der Waals surface area contributed by atoms with Gasteiger partial charge in [-0.25, -0.2) is 4.39 Å². The summed E-state index contributed by atoms with van der Waals surface area (Å²) in [6.45, 7) is 5.40. The molecule has 1 nitrogen and oxygen atoms in total. The van der Waals surface area contributed by atoms with Gasteiger partial charge >= 0.3 is 0 Å². The summed E-state index contributed by atoms with van der Waals surface area (Å²) in [6.07, 6.45) is 7.14. The summed E-state index contributed by atoms with van der Waals surface area (Å²) in [5.41, 5.74) is 1.05. The van der Waals surface area contributed by atoms with Gasteiger partial charge in [-0.15, -0.1) is 0 Å². The summed E-state index contributed by atoms with van der Waals surface area (Å²) in [5, 5.41) is 4.05. The van der Waals surface area contributed by atoms with Crippen LogP contribution >= 0.6 is 11.6 Å². The van der Waals surface area contributed by atoms with Crippen LogP contribution in [0.2, 0.25) is 5.02 Å². The van der Waals surface area contributed by atoms with Crippen molar-refractivity contribution in [3.05, 3.63) is 34.6 Å². The van der Waals surface area contributed by atoms with Gasteiger partial charge in [-0.3, -0.25) is 0 Å². The zero-order chi connectivity index (χ0) is 14.6. The second-order valence-electron chi connectivity index (χ2n) is 6.26. The van der Waals surface area contributed by atoms with E-state index in [-0.39, 0.29) is 11.2 Å². The predicted octanol–water partition coefficient (Wildman–Crippen LogP) is 4.97. The van der Waals surface area contributed by atoms with Crippen molar-refractivity contribution in [3.8, 4) is 0 Å². The van der Waals surface area contributed by atoms with Crippen molar-refractivity contribution in [1.82, 2.24) is 5.32 Å². The number of halogens is 2. The van der Waals surface area contributed by atoms with Crippen LogP contribution < -0.4 is 5.32 Å². The fourth-order valence-electron chi connectivity index (χ4n) is 3.43. The molecule has 0 radical (unpaired) electrons. The quantitative estimate of drug-likeness (QED) is 0.809. The van der Waals surface area contributed by atoms with Crippen molar-refractivity contribution in [2.75, 3.05) is 6.54 Å². The van der Waals surface area contributed by atoms with Gasteiger partial charge in [-0.1, -0.05) is 50.8 Å². The molecule has 1 aliphatic rings. The van der Waals surface area contributed by atoms with E-state index in [4.69, 9.17) is 11.6 Å². The molecule has 0 spiro atoms. The van der Waals surface area contributed by atoms with Crippen molar-refractivity contribution in [2.24, 2.45) is 5.41 Å². The van der Waals surface area contributed by atoms with E-state index in [0.717, 1.165) is 18.5 Å². The number of likely N-dealkylation sites (N-methyl/N-ethyl adjacent to an activating group) is 1. The number of hydrogen-bond acceptors (Lipinski definition) is 1. The molecule has 0 saturated heterocycles. The van der Waals surface area contributed by atoms with Crippen LogP contribution in [0.4, 0.5) is 4.39 Å². The maximum Gasteiger partial charge on any atom is 0.127 e. The van der Waals surface area contributed by atoms with E-state index in [1.165, 1.54) is 38.2 Å². The lowest BCUT2D eigenvalue weighted by atomic mass is 9.69. The third-order valence-corrected chi connectivity index (χ3v) is 4.96. The van der Waals surface area contributed by atoms with E-state index < -0.39 is 0 Å². The smallest absolute Gasteiger partial charge is 0.127 e. The Morgan fingerprint density at radius 3 is 2.60 bits per heavy atom. The van der Waals surface area contributed by atoms with Crippen molar-refractivity contribution < 1.29 is 4.39 Å². The highest BCUT2D eigenvalue weighted by Gasteiger charge is 2.35. The minimum absolute atomic E-state index is 0.181. The molecule has 1 fully saturated rings. The Bertz CT molecular complexity index is 441. The Kier molecular flexibility index (Phi) is 5.45. The van der Waals surface area contributed by atoms with Crippen LogP contribution in [0.15, 0.2) is 18.2 Å². The summed E-state index contributed by atoms with van der Waals surface area (Å²) in [4.78, 5) is 0. The Balaban J connectivity index is 2.16. The summed E-state index contributed by atoms with van der Waals surface area (Å²) in [5.74, 6) is -0.181. The number of rotatable bonds is 5. The first kappa shape index (κ1) is 15.8. The molecule has 0 heterocycles. The van der Waals surface area contributed by atoms with E-state index in [1.807, 2.05) is 6.07 Å². The highest BCUT2D eigenvalue weighted by atomic mass is 35.5. The lowest BCUT2D eigenvalue weighted by molar-refractivity contribution is 0.144. The van der Waals surface area contributed by atoms with Crippen LogP contribution in [0.1, 0.15) is 51.5 Å². The summed E-state index contributed by atoms with van der Waals surface area (Å²) in [7, 11) is 0. The van der Waals surface area contributed by atoms with Gasteiger partial charge in [0.2, 0.25) is 0 Å². The molecule has 1 aromatic rings. The maximum absolute atomic E-state index is 14.0. The minimum Gasteiger partial charge on any atom is -0.313 e. The molecule has 0 aliphatic heterocycles. The highest BCUT2D eigenvalue weighted by molar-refractivity contribution is 6.30. The van der Waals surface area contributed by atoms with Crippen molar-refractivity contribution in [2.45, 2.75) is 58.4 Å². The highest BCUT2D eigenvalue weighted by Crippen LogP contribution is 2.40. The number of benzene rings is 1. The molecule has 1 aliphatic carbocycles. The van der Waals surface area contributed by atoms with Gasteiger partial charge in [0.1, 0.15) is 5.82 Å². The second kappa shape index (κ2) is 6.91. The van der Waals surface area contributed by atoms with Crippen molar-refractivity contribution >= 4 is 11.6 Å². The molecule has 3 heteroatoms. The van der Waals surface area contributed by atoms with Gasteiger partial charge in [0.05, 0.1) is 0 Å². The van der Waals surface area contributed by atoms with Crippen molar-refractivity contribution in [3.63, 3.8) is 0 Å². The third-order valence-electron chi connectivity index (χ3n) is 4.73. The van der Waals surface area contributed by atoms with E-state index in [1.54, 1.807) is 6.07 Å². The molecule has 1 atom stereocenters. The molecule has 112 valence electrons. The van der Waals surface area contributed by atoms with Crippen LogP contribution in [0.3, 0.4) is 0 Å². The van der Waals surface area contributed by atoms with Gasteiger partial charge in [0.25, 0.3) is 0 Å². The van der Waals surface area contributed by atoms with Crippen LogP contribution in [0.5, 0.6) is 0 Å². The average molecular weight is 298 g/mol.